The number of halogens is 1. The molecule has 4 rings (SSSR count). The van der Waals surface area contributed by atoms with E-state index in [1.165, 1.54) is 11.1 Å². The van der Waals surface area contributed by atoms with Crippen molar-refractivity contribution in [3.63, 3.8) is 0 Å². The molecule has 1 fully saturated rings. The molecule has 0 aromatic heterocycles. The van der Waals surface area contributed by atoms with Gasteiger partial charge in [0.05, 0.1) is 0 Å². The summed E-state index contributed by atoms with van der Waals surface area (Å²) in [6, 6.07) is 13.9. The maximum absolute atomic E-state index is 11.9. The first-order chi connectivity index (χ1) is 12.6. The zero-order valence-electron chi connectivity index (χ0n) is 14.7. The molecule has 2 aliphatic rings. The molecule has 0 atom stereocenters. The van der Waals surface area contributed by atoms with Gasteiger partial charge in [0.2, 0.25) is 0 Å². The van der Waals surface area contributed by atoms with Gasteiger partial charge in [0.1, 0.15) is 0 Å². The lowest BCUT2D eigenvalue weighted by molar-refractivity contribution is 0.0704. The highest BCUT2D eigenvalue weighted by molar-refractivity contribution is 6.30. The number of rotatable bonds is 3. The molecule has 0 bridgehead atoms. The van der Waals surface area contributed by atoms with Gasteiger partial charge in [-0.25, -0.2) is 5.48 Å². The molecule has 136 valence electrons. The molecule has 0 unspecified atom stereocenters. The number of hydroxylamine groups is 1. The third kappa shape index (κ3) is 3.37. The summed E-state index contributed by atoms with van der Waals surface area (Å²) in [6.07, 6.45) is 4.23. The van der Waals surface area contributed by atoms with Crippen LogP contribution in [0.5, 0.6) is 0 Å². The number of carbonyl (C=O) groups is 1. The third-order valence-corrected chi connectivity index (χ3v) is 6.22. The average Bonchev–Trinajstić information content (AvgIpc) is 3.03. The highest BCUT2D eigenvalue weighted by Gasteiger charge is 2.41. The van der Waals surface area contributed by atoms with Gasteiger partial charge in [-0.05, 0) is 79.1 Å². The number of nitrogens with zero attached hydrogens (tertiary/aromatic N) is 1. The van der Waals surface area contributed by atoms with Crippen LogP contribution in [0.3, 0.4) is 0 Å². The first-order valence-electron chi connectivity index (χ1n) is 9.11. The normalized spacial score (nSPS) is 18.7. The lowest BCUT2D eigenvalue weighted by atomic mass is 9.75. The number of piperidine rings is 1. The Balaban J connectivity index is 1.43. The average molecular weight is 371 g/mol. The largest absolute Gasteiger partial charge is 0.299 e. The number of benzene rings is 2. The van der Waals surface area contributed by atoms with E-state index in [1.807, 2.05) is 18.2 Å². The van der Waals surface area contributed by atoms with Gasteiger partial charge in [-0.2, -0.15) is 0 Å². The van der Waals surface area contributed by atoms with Crippen LogP contribution in [0, 0.1) is 5.41 Å². The van der Waals surface area contributed by atoms with Gasteiger partial charge in [0.15, 0.2) is 0 Å². The van der Waals surface area contributed by atoms with E-state index in [-0.39, 0.29) is 5.41 Å². The Kier molecular flexibility index (Phi) is 4.74. The van der Waals surface area contributed by atoms with Crippen molar-refractivity contribution in [1.82, 2.24) is 10.4 Å². The van der Waals surface area contributed by atoms with Crippen LogP contribution in [0.4, 0.5) is 0 Å². The zero-order valence-corrected chi connectivity index (χ0v) is 15.4. The Labute approximate surface area is 158 Å². The highest BCUT2D eigenvalue weighted by Crippen LogP contribution is 2.45. The predicted molar refractivity (Wildman–Crippen MR) is 101 cm³/mol. The first kappa shape index (κ1) is 17.5. The minimum Gasteiger partial charge on any atom is -0.299 e. The van der Waals surface area contributed by atoms with Crippen molar-refractivity contribution in [2.75, 3.05) is 13.1 Å². The molecule has 2 N–H and O–H groups in total. The summed E-state index contributed by atoms with van der Waals surface area (Å²) in [4.78, 5) is 14.4. The summed E-state index contributed by atoms with van der Waals surface area (Å²) >= 11 is 5.97. The summed E-state index contributed by atoms with van der Waals surface area (Å²) in [7, 11) is 0. The second-order valence-corrected chi connectivity index (χ2v) is 8.08. The molecule has 0 radical (unpaired) electrons. The third-order valence-electron chi connectivity index (χ3n) is 5.97. The van der Waals surface area contributed by atoms with Gasteiger partial charge >= 0.3 is 0 Å². The monoisotopic (exact) mass is 370 g/mol. The summed E-state index contributed by atoms with van der Waals surface area (Å²) in [5.74, 6) is -0.404. The minimum absolute atomic E-state index is 0.255. The SMILES string of the molecule is O=C(NO)c1cccc2c1CC1(CCN(Cc3ccc(Cl)cc3)CC1)C2. The van der Waals surface area contributed by atoms with Crippen LogP contribution in [0.1, 0.15) is 39.9 Å². The molecule has 5 heteroatoms. The van der Waals surface area contributed by atoms with Gasteiger partial charge in [0, 0.05) is 17.1 Å². The summed E-state index contributed by atoms with van der Waals surface area (Å²) in [6.45, 7) is 3.09. The maximum atomic E-state index is 11.9. The van der Waals surface area contributed by atoms with Crippen LogP contribution in [0.2, 0.25) is 5.02 Å². The minimum atomic E-state index is -0.404. The van der Waals surface area contributed by atoms with E-state index < -0.39 is 5.91 Å². The fourth-order valence-corrected chi connectivity index (χ4v) is 4.64. The van der Waals surface area contributed by atoms with Crippen LogP contribution in [0.15, 0.2) is 42.5 Å². The molecule has 1 spiro atoms. The molecule has 2 aromatic rings. The number of likely N-dealkylation sites (tertiary alicyclic amines) is 1. The van der Waals surface area contributed by atoms with E-state index in [0.717, 1.165) is 55.9 Å². The fraction of sp³-hybridized carbons (Fsp3) is 0.381. The smallest absolute Gasteiger partial charge is 0.274 e. The number of carbonyl (C=O) groups excluding carboxylic acids is 1. The molecule has 1 saturated heterocycles. The lowest BCUT2D eigenvalue weighted by Gasteiger charge is -2.39. The second kappa shape index (κ2) is 7.03. The zero-order chi connectivity index (χ0) is 18.1. The molecule has 1 aliphatic heterocycles. The van der Waals surface area contributed by atoms with E-state index in [9.17, 15) is 4.79 Å². The van der Waals surface area contributed by atoms with Crippen LogP contribution in [-0.4, -0.2) is 29.1 Å². The molecular weight excluding hydrogens is 348 g/mol. The van der Waals surface area contributed by atoms with Gasteiger partial charge in [-0.15, -0.1) is 0 Å². The molecule has 1 aliphatic carbocycles. The second-order valence-electron chi connectivity index (χ2n) is 7.64. The van der Waals surface area contributed by atoms with Crippen LogP contribution in [-0.2, 0) is 19.4 Å². The number of nitrogens with one attached hydrogen (secondary N) is 1. The van der Waals surface area contributed by atoms with Gasteiger partial charge in [-0.1, -0.05) is 35.9 Å². The Morgan fingerprint density at radius 3 is 2.54 bits per heavy atom. The van der Waals surface area contributed by atoms with Crippen molar-refractivity contribution >= 4 is 17.5 Å². The Morgan fingerprint density at radius 2 is 1.85 bits per heavy atom. The van der Waals surface area contributed by atoms with Crippen molar-refractivity contribution in [3.8, 4) is 0 Å². The molecule has 1 heterocycles. The topological polar surface area (TPSA) is 52.6 Å². The molecule has 26 heavy (non-hydrogen) atoms. The summed E-state index contributed by atoms with van der Waals surface area (Å²) in [5.41, 5.74) is 6.33. The highest BCUT2D eigenvalue weighted by atomic mass is 35.5. The first-order valence-corrected chi connectivity index (χ1v) is 9.48. The van der Waals surface area contributed by atoms with Crippen molar-refractivity contribution in [2.45, 2.75) is 32.2 Å². The number of hydrogen-bond acceptors (Lipinski definition) is 3. The molecule has 1 amide bonds. The van der Waals surface area contributed by atoms with Crippen molar-refractivity contribution in [2.24, 2.45) is 5.41 Å². The molecule has 4 nitrogen and oxygen atoms in total. The number of amides is 1. The Hall–Kier alpha value is -1.88. The van der Waals surface area contributed by atoms with Crippen molar-refractivity contribution < 1.29 is 10.0 Å². The van der Waals surface area contributed by atoms with E-state index >= 15 is 0 Å². The van der Waals surface area contributed by atoms with Crippen molar-refractivity contribution in [3.05, 3.63) is 69.7 Å². The van der Waals surface area contributed by atoms with E-state index in [1.54, 1.807) is 11.5 Å². The van der Waals surface area contributed by atoms with Gasteiger partial charge in [0.25, 0.3) is 5.91 Å². The maximum Gasteiger partial charge on any atom is 0.274 e. The van der Waals surface area contributed by atoms with Crippen LogP contribution >= 0.6 is 11.6 Å². The quantitative estimate of drug-likeness (QED) is 0.637. The summed E-state index contributed by atoms with van der Waals surface area (Å²) < 4.78 is 0. The van der Waals surface area contributed by atoms with Gasteiger partial charge < -0.3 is 0 Å². The van der Waals surface area contributed by atoms with E-state index in [0.29, 0.717) is 5.56 Å². The summed E-state index contributed by atoms with van der Waals surface area (Å²) in [5, 5.41) is 9.77. The Morgan fingerprint density at radius 1 is 1.12 bits per heavy atom. The Bertz CT molecular complexity index is 811. The number of hydrogen-bond donors (Lipinski definition) is 2. The van der Waals surface area contributed by atoms with Crippen molar-refractivity contribution in [1.29, 1.82) is 0 Å². The molecular formula is C21H23ClN2O2. The fourth-order valence-electron chi connectivity index (χ4n) is 4.51. The lowest BCUT2D eigenvalue weighted by Crippen LogP contribution is -2.40. The standard InChI is InChI=1S/C21H23ClN2O2/c22-17-6-4-15(5-7-17)14-24-10-8-21(9-11-24)12-16-2-1-3-18(19(16)13-21)20(25)23-26/h1-7,26H,8-14H2,(H,23,25). The van der Waals surface area contributed by atoms with E-state index in [2.05, 4.69) is 23.1 Å². The van der Waals surface area contributed by atoms with Gasteiger partial charge in [-0.3, -0.25) is 14.9 Å². The van der Waals surface area contributed by atoms with Crippen LogP contribution < -0.4 is 5.48 Å². The van der Waals surface area contributed by atoms with Crippen LogP contribution in [0.25, 0.3) is 0 Å². The predicted octanol–water partition coefficient (Wildman–Crippen LogP) is 3.84. The molecule has 2 aromatic carbocycles. The number of fused-ring (bicyclic) bond motifs is 1. The molecule has 0 saturated carbocycles. The van der Waals surface area contributed by atoms with E-state index in [4.69, 9.17) is 16.8 Å².